The van der Waals surface area contributed by atoms with Gasteiger partial charge in [0.1, 0.15) is 0 Å². The number of hydrogen-bond donors (Lipinski definition) is 1. The SMILES string of the molecule is CCOC(=O)/C=C/c1cnc(Nc2ccc(OC(C)C)c(F)c2)n(Cc2ccc(Cl)cc2)c1=O. The number of nitrogens with zero attached hydrogens (tertiary/aromatic N) is 2. The van der Waals surface area contributed by atoms with Crippen LogP contribution in [0, 0.1) is 5.82 Å². The highest BCUT2D eigenvalue weighted by Crippen LogP contribution is 2.24. The first-order chi connectivity index (χ1) is 16.3. The topological polar surface area (TPSA) is 82.4 Å². The van der Waals surface area contributed by atoms with Crippen molar-refractivity contribution in [2.24, 2.45) is 0 Å². The number of benzene rings is 2. The number of rotatable bonds is 9. The highest BCUT2D eigenvalue weighted by Gasteiger charge is 2.13. The molecule has 0 amide bonds. The molecule has 178 valence electrons. The van der Waals surface area contributed by atoms with E-state index in [1.165, 1.54) is 35.0 Å². The van der Waals surface area contributed by atoms with Gasteiger partial charge in [-0.05, 0) is 56.7 Å². The van der Waals surface area contributed by atoms with Crippen LogP contribution in [-0.4, -0.2) is 28.2 Å². The first-order valence-electron chi connectivity index (χ1n) is 10.7. The fourth-order valence-corrected chi connectivity index (χ4v) is 3.17. The van der Waals surface area contributed by atoms with Crippen LogP contribution in [0.3, 0.4) is 0 Å². The number of carbonyl (C=O) groups is 1. The summed E-state index contributed by atoms with van der Waals surface area (Å²) in [5.74, 6) is -0.775. The van der Waals surface area contributed by atoms with E-state index < -0.39 is 17.3 Å². The third-order valence-corrected chi connectivity index (χ3v) is 4.82. The molecule has 3 aromatic rings. The Morgan fingerprint density at radius 1 is 1.24 bits per heavy atom. The minimum Gasteiger partial charge on any atom is -0.488 e. The number of carbonyl (C=O) groups excluding carboxylic acids is 1. The number of nitrogens with one attached hydrogen (secondary N) is 1. The van der Waals surface area contributed by atoms with Crippen LogP contribution >= 0.6 is 11.6 Å². The Bertz CT molecular complexity index is 1240. The van der Waals surface area contributed by atoms with Crippen molar-refractivity contribution in [2.75, 3.05) is 11.9 Å². The second-order valence-electron chi connectivity index (χ2n) is 7.58. The molecule has 0 unspecified atom stereocenters. The Kier molecular flexibility index (Phi) is 8.43. The number of hydrogen-bond acceptors (Lipinski definition) is 6. The van der Waals surface area contributed by atoms with E-state index in [1.54, 1.807) is 37.3 Å². The number of anilines is 2. The maximum Gasteiger partial charge on any atom is 0.330 e. The molecular weight excluding hydrogens is 461 g/mol. The second kappa shape index (κ2) is 11.5. The third-order valence-electron chi connectivity index (χ3n) is 4.56. The molecule has 1 heterocycles. The fraction of sp³-hybridized carbons (Fsp3) is 0.240. The number of esters is 1. The molecule has 1 N–H and O–H groups in total. The van der Waals surface area contributed by atoms with Crippen molar-refractivity contribution in [3.8, 4) is 5.75 Å². The lowest BCUT2D eigenvalue weighted by atomic mass is 10.2. The van der Waals surface area contributed by atoms with Crippen LogP contribution in [0.1, 0.15) is 31.9 Å². The van der Waals surface area contributed by atoms with Gasteiger partial charge in [0.25, 0.3) is 5.56 Å². The average Bonchev–Trinajstić information content (AvgIpc) is 2.79. The van der Waals surface area contributed by atoms with E-state index in [0.717, 1.165) is 5.56 Å². The minimum atomic E-state index is -0.562. The zero-order chi connectivity index (χ0) is 24.7. The Labute approximate surface area is 201 Å². The molecule has 0 saturated heterocycles. The molecule has 7 nitrogen and oxygen atoms in total. The van der Waals surface area contributed by atoms with E-state index in [1.807, 2.05) is 13.8 Å². The molecule has 0 bridgehead atoms. The first kappa shape index (κ1) is 25.0. The molecule has 0 aliphatic rings. The summed E-state index contributed by atoms with van der Waals surface area (Å²) in [6.07, 6.45) is 3.69. The normalized spacial score (nSPS) is 11.1. The number of ether oxygens (including phenoxy) is 2. The van der Waals surface area contributed by atoms with E-state index in [4.69, 9.17) is 21.1 Å². The molecule has 2 aromatic carbocycles. The van der Waals surface area contributed by atoms with Gasteiger partial charge in [0.05, 0.1) is 24.8 Å². The summed E-state index contributed by atoms with van der Waals surface area (Å²) in [5, 5.41) is 3.56. The summed E-state index contributed by atoms with van der Waals surface area (Å²) in [6.45, 7) is 5.70. The monoisotopic (exact) mass is 485 g/mol. The van der Waals surface area contributed by atoms with Gasteiger partial charge < -0.3 is 14.8 Å². The van der Waals surface area contributed by atoms with E-state index >= 15 is 0 Å². The van der Waals surface area contributed by atoms with Crippen molar-refractivity contribution in [1.82, 2.24) is 9.55 Å². The van der Waals surface area contributed by atoms with Crippen LogP contribution in [0.2, 0.25) is 5.02 Å². The van der Waals surface area contributed by atoms with Gasteiger partial charge >= 0.3 is 5.97 Å². The first-order valence-corrected chi connectivity index (χ1v) is 11.1. The molecule has 0 atom stereocenters. The fourth-order valence-electron chi connectivity index (χ4n) is 3.05. The quantitative estimate of drug-likeness (QED) is 0.332. The molecule has 0 saturated carbocycles. The van der Waals surface area contributed by atoms with Crippen molar-refractivity contribution in [3.05, 3.63) is 87.1 Å². The van der Waals surface area contributed by atoms with Gasteiger partial charge in [-0.3, -0.25) is 9.36 Å². The van der Waals surface area contributed by atoms with Crippen molar-refractivity contribution < 1.29 is 18.7 Å². The van der Waals surface area contributed by atoms with Crippen molar-refractivity contribution in [3.63, 3.8) is 0 Å². The van der Waals surface area contributed by atoms with E-state index in [0.29, 0.717) is 10.7 Å². The molecule has 3 rings (SSSR count). The summed E-state index contributed by atoms with van der Waals surface area (Å²) >= 11 is 5.97. The Hall–Kier alpha value is -3.65. The lowest BCUT2D eigenvalue weighted by Crippen LogP contribution is -2.26. The van der Waals surface area contributed by atoms with Crippen molar-refractivity contribution in [2.45, 2.75) is 33.4 Å². The highest BCUT2D eigenvalue weighted by molar-refractivity contribution is 6.30. The third kappa shape index (κ3) is 6.68. The Morgan fingerprint density at radius 2 is 1.97 bits per heavy atom. The second-order valence-corrected chi connectivity index (χ2v) is 8.01. The van der Waals surface area contributed by atoms with E-state index in [-0.39, 0.29) is 36.5 Å². The summed E-state index contributed by atoms with van der Waals surface area (Å²) in [4.78, 5) is 29.2. The Morgan fingerprint density at radius 3 is 2.62 bits per heavy atom. The van der Waals surface area contributed by atoms with Gasteiger partial charge in [0, 0.05) is 29.0 Å². The summed E-state index contributed by atoms with van der Waals surface area (Å²) in [5.41, 5.74) is 0.988. The highest BCUT2D eigenvalue weighted by atomic mass is 35.5. The van der Waals surface area contributed by atoms with E-state index in [9.17, 15) is 14.0 Å². The van der Waals surface area contributed by atoms with Gasteiger partial charge in [-0.1, -0.05) is 23.7 Å². The lowest BCUT2D eigenvalue weighted by molar-refractivity contribution is -0.137. The van der Waals surface area contributed by atoms with Gasteiger partial charge in [-0.2, -0.15) is 0 Å². The molecule has 0 aliphatic carbocycles. The van der Waals surface area contributed by atoms with Crippen LogP contribution in [0.25, 0.3) is 6.08 Å². The molecule has 9 heteroatoms. The maximum absolute atomic E-state index is 14.5. The smallest absolute Gasteiger partial charge is 0.330 e. The van der Waals surface area contributed by atoms with Gasteiger partial charge in [0.2, 0.25) is 5.95 Å². The lowest BCUT2D eigenvalue weighted by Gasteiger charge is -2.16. The molecule has 0 fully saturated rings. The summed E-state index contributed by atoms with van der Waals surface area (Å²) < 4.78 is 26.1. The van der Waals surface area contributed by atoms with Crippen molar-refractivity contribution >= 4 is 35.3 Å². The molecular formula is C25H25ClFN3O4. The standard InChI is InChI=1S/C25H25ClFN3O4/c1-4-33-23(31)12-7-18-14-28-25(29-20-10-11-22(21(27)13-20)34-16(2)3)30(24(18)32)15-17-5-8-19(26)9-6-17/h5-14,16H,4,15H2,1-3H3,(H,28,29)/b12-7+. The predicted octanol–water partition coefficient (Wildman–Crippen LogP) is 5.19. The summed E-state index contributed by atoms with van der Waals surface area (Å²) in [7, 11) is 0. The van der Waals surface area contributed by atoms with Crippen LogP contribution in [-0.2, 0) is 16.1 Å². The van der Waals surface area contributed by atoms with E-state index in [2.05, 4.69) is 10.3 Å². The maximum atomic E-state index is 14.5. The largest absolute Gasteiger partial charge is 0.488 e. The van der Waals surface area contributed by atoms with Crippen LogP contribution < -0.4 is 15.6 Å². The molecule has 0 radical (unpaired) electrons. The molecule has 34 heavy (non-hydrogen) atoms. The molecule has 0 aliphatic heterocycles. The van der Waals surface area contributed by atoms with Crippen LogP contribution in [0.15, 0.2) is 59.5 Å². The molecule has 1 aromatic heterocycles. The van der Waals surface area contributed by atoms with Gasteiger partial charge in [-0.15, -0.1) is 0 Å². The number of halogens is 2. The summed E-state index contributed by atoms with van der Waals surface area (Å²) in [6, 6.07) is 11.4. The van der Waals surface area contributed by atoms with Gasteiger partial charge in [-0.25, -0.2) is 14.2 Å². The minimum absolute atomic E-state index is 0.131. The Balaban J connectivity index is 1.97. The van der Waals surface area contributed by atoms with Crippen LogP contribution in [0.5, 0.6) is 5.75 Å². The molecule has 0 spiro atoms. The average molecular weight is 486 g/mol. The zero-order valence-corrected chi connectivity index (χ0v) is 19.8. The van der Waals surface area contributed by atoms with Crippen molar-refractivity contribution in [1.29, 1.82) is 0 Å². The van der Waals surface area contributed by atoms with Gasteiger partial charge in [0.15, 0.2) is 11.6 Å². The van der Waals surface area contributed by atoms with Crippen LogP contribution in [0.4, 0.5) is 16.0 Å². The predicted molar refractivity (Wildman–Crippen MR) is 130 cm³/mol. The zero-order valence-electron chi connectivity index (χ0n) is 19.0. The number of aromatic nitrogens is 2.